The summed E-state index contributed by atoms with van der Waals surface area (Å²) < 4.78 is 5.47. The van der Waals surface area contributed by atoms with Crippen molar-refractivity contribution in [2.24, 2.45) is 11.8 Å². The van der Waals surface area contributed by atoms with Gasteiger partial charge in [0.05, 0.1) is 6.54 Å². The van der Waals surface area contributed by atoms with E-state index in [1.54, 1.807) is 0 Å². The third kappa shape index (κ3) is 8.25. The Morgan fingerprint density at radius 2 is 1.58 bits per heavy atom. The quantitative estimate of drug-likeness (QED) is 0.583. The molecule has 1 saturated carbocycles. The molecule has 8 nitrogen and oxygen atoms in total. The highest BCUT2D eigenvalue weighted by atomic mass is 16.6. The van der Waals surface area contributed by atoms with Gasteiger partial charge in [-0.25, -0.2) is 4.79 Å². The van der Waals surface area contributed by atoms with Gasteiger partial charge in [-0.15, -0.1) is 0 Å². The van der Waals surface area contributed by atoms with E-state index in [2.05, 4.69) is 15.1 Å². The van der Waals surface area contributed by atoms with Gasteiger partial charge in [0, 0.05) is 32.7 Å². The first-order valence-electron chi connectivity index (χ1n) is 12.9. The smallest absolute Gasteiger partial charge is 0.408 e. The predicted octanol–water partition coefficient (Wildman–Crippen LogP) is 2.52. The Labute approximate surface area is 199 Å². The number of alkyl carbamates (subject to hydrolysis) is 1. The lowest BCUT2D eigenvalue weighted by atomic mass is 9.83. The minimum absolute atomic E-state index is 0.0505. The van der Waals surface area contributed by atoms with Gasteiger partial charge in [0.25, 0.3) is 0 Å². The van der Waals surface area contributed by atoms with Crippen LogP contribution in [0.5, 0.6) is 0 Å². The number of ether oxygens (including phenoxy) is 1. The fourth-order valence-corrected chi connectivity index (χ4v) is 5.45. The molecule has 3 rings (SSSR count). The Kier molecular flexibility index (Phi) is 9.56. The number of hydrogen-bond acceptors (Lipinski definition) is 6. The van der Waals surface area contributed by atoms with Crippen molar-refractivity contribution in [1.29, 1.82) is 0 Å². The minimum atomic E-state index is -0.584. The molecular formula is C25H44N4O4. The van der Waals surface area contributed by atoms with Crippen LogP contribution in [0.3, 0.4) is 0 Å². The molecule has 3 aliphatic rings. The Hall–Kier alpha value is -1.67. The number of nitrogens with one attached hydrogen (secondary N) is 1. The largest absolute Gasteiger partial charge is 0.444 e. The van der Waals surface area contributed by atoms with Gasteiger partial charge in [0.1, 0.15) is 17.9 Å². The molecule has 0 aromatic rings. The van der Waals surface area contributed by atoms with E-state index >= 15 is 0 Å². The second-order valence-electron chi connectivity index (χ2n) is 11.1. The lowest BCUT2D eigenvalue weighted by molar-refractivity contribution is -0.137. The Morgan fingerprint density at radius 3 is 2.15 bits per heavy atom. The lowest BCUT2D eigenvalue weighted by Crippen LogP contribution is -2.58. The number of carbonyl (C=O) groups excluding carboxylic acids is 3. The zero-order chi connectivity index (χ0) is 23.8. The second-order valence-corrected chi connectivity index (χ2v) is 11.1. The molecule has 1 aliphatic carbocycles. The summed E-state index contributed by atoms with van der Waals surface area (Å²) in [5.41, 5.74) is -0.584. The van der Waals surface area contributed by atoms with Gasteiger partial charge in [-0.05, 0) is 71.4 Å². The summed E-state index contributed by atoms with van der Waals surface area (Å²) in [6.07, 6.45) is 8.17. The van der Waals surface area contributed by atoms with Gasteiger partial charge in [0.2, 0.25) is 5.91 Å². The monoisotopic (exact) mass is 464 g/mol. The summed E-state index contributed by atoms with van der Waals surface area (Å²) in [6.45, 7) is 12.3. The Bertz CT molecular complexity index is 643. The average molecular weight is 465 g/mol. The molecule has 2 aliphatic heterocycles. The molecule has 0 bridgehead atoms. The summed E-state index contributed by atoms with van der Waals surface area (Å²) in [7, 11) is 0. The molecule has 0 radical (unpaired) electrons. The minimum Gasteiger partial charge on any atom is -0.444 e. The number of hydrogen-bond donors (Lipinski definition) is 1. The van der Waals surface area contributed by atoms with Crippen molar-refractivity contribution >= 4 is 18.3 Å². The highest BCUT2D eigenvalue weighted by Gasteiger charge is 2.36. The molecule has 2 amide bonds. The van der Waals surface area contributed by atoms with Crippen LogP contribution in [-0.4, -0.2) is 97.0 Å². The molecule has 2 heterocycles. The first kappa shape index (κ1) is 25.9. The SMILES string of the molecule is CC(C)(C)OC(=O)NC(C(=O)N1CCN(CC2CCN(CC=O)CC2)CC1)C1CCCCC1. The molecule has 188 valence electrons. The van der Waals surface area contributed by atoms with Gasteiger partial charge in [-0.2, -0.15) is 0 Å². The highest BCUT2D eigenvalue weighted by Crippen LogP contribution is 2.28. The first-order valence-corrected chi connectivity index (χ1v) is 12.9. The number of aldehydes is 1. The van der Waals surface area contributed by atoms with Crippen molar-refractivity contribution in [2.75, 3.05) is 52.4 Å². The lowest BCUT2D eigenvalue weighted by Gasteiger charge is -2.40. The van der Waals surface area contributed by atoms with Gasteiger partial charge in [-0.1, -0.05) is 19.3 Å². The van der Waals surface area contributed by atoms with Gasteiger partial charge in [0.15, 0.2) is 0 Å². The first-order chi connectivity index (χ1) is 15.7. The third-order valence-corrected chi connectivity index (χ3v) is 7.30. The van der Waals surface area contributed by atoms with E-state index in [-0.39, 0.29) is 11.8 Å². The summed E-state index contributed by atoms with van der Waals surface area (Å²) >= 11 is 0. The van der Waals surface area contributed by atoms with Crippen molar-refractivity contribution in [3.63, 3.8) is 0 Å². The van der Waals surface area contributed by atoms with Gasteiger partial charge in [-0.3, -0.25) is 14.6 Å². The van der Waals surface area contributed by atoms with Crippen molar-refractivity contribution in [2.45, 2.75) is 77.4 Å². The molecular weight excluding hydrogens is 420 g/mol. The molecule has 33 heavy (non-hydrogen) atoms. The van der Waals surface area contributed by atoms with Crippen molar-refractivity contribution in [3.05, 3.63) is 0 Å². The molecule has 2 saturated heterocycles. The normalized spacial score (nSPS) is 23.2. The van der Waals surface area contributed by atoms with Crippen molar-refractivity contribution in [3.8, 4) is 0 Å². The van der Waals surface area contributed by atoms with Crippen LogP contribution in [0.2, 0.25) is 0 Å². The van der Waals surface area contributed by atoms with E-state index in [4.69, 9.17) is 4.74 Å². The number of nitrogens with zero attached hydrogens (tertiary/aromatic N) is 3. The standard InChI is InChI=1S/C25H44N4O4/c1-25(2,3)33-24(32)26-22(21-7-5-4-6-8-21)23(31)29-15-13-28(14-16-29)19-20-9-11-27(12-10-20)17-18-30/h18,20-22H,4-17,19H2,1-3H3,(H,26,32). The van der Waals surface area contributed by atoms with Crippen LogP contribution < -0.4 is 5.32 Å². The summed E-state index contributed by atoms with van der Waals surface area (Å²) in [5, 5.41) is 2.94. The molecule has 1 atom stereocenters. The summed E-state index contributed by atoms with van der Waals surface area (Å²) in [5.74, 6) is 0.905. The molecule has 0 spiro atoms. The number of piperidine rings is 1. The van der Waals surface area contributed by atoms with Crippen LogP contribution in [0.25, 0.3) is 0 Å². The second kappa shape index (κ2) is 12.2. The summed E-state index contributed by atoms with van der Waals surface area (Å²) in [6, 6.07) is -0.492. The van der Waals surface area contributed by atoms with Crippen LogP contribution in [0.15, 0.2) is 0 Å². The Balaban J connectivity index is 1.50. The zero-order valence-corrected chi connectivity index (χ0v) is 20.9. The number of amides is 2. The fourth-order valence-electron chi connectivity index (χ4n) is 5.45. The van der Waals surface area contributed by atoms with E-state index in [0.29, 0.717) is 25.6 Å². The molecule has 1 N–H and O–H groups in total. The van der Waals surface area contributed by atoms with E-state index in [0.717, 1.165) is 77.5 Å². The Morgan fingerprint density at radius 1 is 0.939 bits per heavy atom. The van der Waals surface area contributed by atoms with Gasteiger partial charge < -0.3 is 19.7 Å². The average Bonchev–Trinajstić information content (AvgIpc) is 2.78. The van der Waals surface area contributed by atoms with Gasteiger partial charge >= 0.3 is 6.09 Å². The number of carbonyl (C=O) groups is 3. The maximum Gasteiger partial charge on any atom is 0.408 e. The summed E-state index contributed by atoms with van der Waals surface area (Å²) in [4.78, 5) is 43.4. The van der Waals surface area contributed by atoms with Crippen LogP contribution in [0.1, 0.15) is 65.7 Å². The zero-order valence-electron chi connectivity index (χ0n) is 20.9. The topological polar surface area (TPSA) is 82.2 Å². The predicted molar refractivity (Wildman–Crippen MR) is 128 cm³/mol. The molecule has 0 aromatic heterocycles. The van der Waals surface area contributed by atoms with E-state index in [1.165, 1.54) is 6.42 Å². The van der Waals surface area contributed by atoms with Crippen LogP contribution in [-0.2, 0) is 14.3 Å². The van der Waals surface area contributed by atoms with E-state index < -0.39 is 17.7 Å². The van der Waals surface area contributed by atoms with Crippen molar-refractivity contribution in [1.82, 2.24) is 20.0 Å². The molecule has 0 aromatic carbocycles. The number of likely N-dealkylation sites (tertiary alicyclic amines) is 1. The van der Waals surface area contributed by atoms with Crippen LogP contribution >= 0.6 is 0 Å². The van der Waals surface area contributed by atoms with Crippen LogP contribution in [0, 0.1) is 11.8 Å². The molecule has 8 heteroatoms. The molecule has 3 fully saturated rings. The molecule has 1 unspecified atom stereocenters. The maximum absolute atomic E-state index is 13.5. The number of rotatable bonds is 7. The third-order valence-electron chi connectivity index (χ3n) is 7.30. The maximum atomic E-state index is 13.5. The highest BCUT2D eigenvalue weighted by molar-refractivity contribution is 5.86. The van der Waals surface area contributed by atoms with E-state index in [1.807, 2.05) is 25.7 Å². The fraction of sp³-hybridized carbons (Fsp3) is 0.880. The van der Waals surface area contributed by atoms with E-state index in [9.17, 15) is 14.4 Å². The van der Waals surface area contributed by atoms with Crippen molar-refractivity contribution < 1.29 is 19.1 Å². The van der Waals surface area contributed by atoms with Crippen LogP contribution in [0.4, 0.5) is 4.79 Å². The number of piperazine rings is 1.